The van der Waals surface area contributed by atoms with Crippen LogP contribution in [0.25, 0.3) is 0 Å². The molecule has 3 atom stereocenters. The first-order chi connectivity index (χ1) is 15.3. The molecule has 0 aromatic heterocycles. The van der Waals surface area contributed by atoms with Crippen LogP contribution in [-0.2, 0) is 11.3 Å². The van der Waals surface area contributed by atoms with E-state index in [1.54, 1.807) is 11.9 Å². The van der Waals surface area contributed by atoms with E-state index >= 15 is 0 Å². The van der Waals surface area contributed by atoms with Gasteiger partial charge in [0.25, 0.3) is 5.91 Å². The lowest BCUT2D eigenvalue weighted by molar-refractivity contribution is -0.139. The molecule has 0 bridgehead atoms. The maximum absolute atomic E-state index is 13.7. The van der Waals surface area contributed by atoms with Gasteiger partial charge in [0.05, 0.1) is 6.54 Å². The van der Waals surface area contributed by atoms with Crippen LogP contribution in [0, 0.1) is 13.8 Å². The summed E-state index contributed by atoms with van der Waals surface area (Å²) < 4.78 is 1.03. The number of hydrogen-bond donors (Lipinski definition) is 1. The van der Waals surface area contributed by atoms with E-state index in [4.69, 9.17) is 0 Å². The molecule has 2 aromatic carbocycles. The number of benzene rings is 2. The van der Waals surface area contributed by atoms with Gasteiger partial charge in [0.1, 0.15) is 18.5 Å². The molecule has 8 heteroatoms. The molecule has 5 rings (SSSR count). The Balaban J connectivity index is 1.44. The first-order valence-corrected chi connectivity index (χ1v) is 11.8. The molecule has 32 heavy (non-hydrogen) atoms. The lowest BCUT2D eigenvalue weighted by Gasteiger charge is -2.44. The van der Waals surface area contributed by atoms with Crippen LogP contribution >= 0.6 is 15.9 Å². The molecule has 3 aliphatic rings. The van der Waals surface area contributed by atoms with Crippen LogP contribution in [-0.4, -0.2) is 65.3 Å². The van der Waals surface area contributed by atoms with Crippen LogP contribution in [0.15, 0.2) is 46.9 Å². The average molecular weight is 498 g/mol. The second-order valence-electron chi connectivity index (χ2n) is 8.94. The standard InChI is InChI=1S/C24H28BrN5O2/c1-15-5-6-16(2)17(13-15)14-30-22(31)20-21(27(3)24(30)32)26-23-28(11-4-12-29(20)23)19-9-7-18(25)8-10-19/h5-10,13,20-21,23,26H,4,11-12,14H2,1-3H3. The van der Waals surface area contributed by atoms with Gasteiger partial charge in [0, 0.05) is 30.3 Å². The summed E-state index contributed by atoms with van der Waals surface area (Å²) in [6, 6.07) is 13.7. The van der Waals surface area contributed by atoms with Gasteiger partial charge in [-0.2, -0.15) is 0 Å². The normalized spacial score (nSPS) is 25.9. The zero-order chi connectivity index (χ0) is 22.6. The Hall–Kier alpha value is -2.42. The summed E-state index contributed by atoms with van der Waals surface area (Å²) in [6.45, 7) is 6.06. The predicted octanol–water partition coefficient (Wildman–Crippen LogP) is 3.25. The first kappa shape index (κ1) is 21.4. The monoisotopic (exact) mass is 497 g/mol. The van der Waals surface area contributed by atoms with E-state index in [0.29, 0.717) is 6.54 Å². The van der Waals surface area contributed by atoms with Crippen molar-refractivity contribution in [3.63, 3.8) is 0 Å². The van der Waals surface area contributed by atoms with Gasteiger partial charge >= 0.3 is 6.03 Å². The van der Waals surface area contributed by atoms with Crippen molar-refractivity contribution in [1.29, 1.82) is 0 Å². The maximum Gasteiger partial charge on any atom is 0.328 e. The van der Waals surface area contributed by atoms with Crippen molar-refractivity contribution in [2.45, 2.75) is 45.3 Å². The summed E-state index contributed by atoms with van der Waals surface area (Å²) in [7, 11) is 1.79. The number of nitrogens with zero attached hydrogens (tertiary/aromatic N) is 4. The Bertz CT molecular complexity index is 1060. The highest BCUT2D eigenvalue weighted by molar-refractivity contribution is 9.10. The molecule has 2 aromatic rings. The van der Waals surface area contributed by atoms with E-state index in [2.05, 4.69) is 55.3 Å². The van der Waals surface area contributed by atoms with Gasteiger partial charge < -0.3 is 9.80 Å². The fourth-order valence-corrected chi connectivity index (χ4v) is 5.37. The Morgan fingerprint density at radius 1 is 1.06 bits per heavy atom. The van der Waals surface area contributed by atoms with Crippen molar-refractivity contribution in [2.75, 3.05) is 25.0 Å². The number of halogens is 1. The van der Waals surface area contributed by atoms with Gasteiger partial charge in [-0.25, -0.2) is 4.79 Å². The molecule has 7 nitrogen and oxygen atoms in total. The molecule has 3 amide bonds. The maximum atomic E-state index is 13.7. The second kappa shape index (κ2) is 8.17. The summed E-state index contributed by atoms with van der Waals surface area (Å²) in [4.78, 5) is 34.5. The quantitative estimate of drug-likeness (QED) is 0.705. The SMILES string of the molecule is Cc1ccc(C)c(CN2C(=O)C3C(NC4N(c5ccc(Br)cc5)CCCN34)N(C)C2=O)c1. The van der Waals surface area contributed by atoms with Gasteiger partial charge in [-0.05, 0) is 55.7 Å². The number of carbonyl (C=O) groups is 2. The Morgan fingerprint density at radius 2 is 1.81 bits per heavy atom. The van der Waals surface area contributed by atoms with Crippen molar-refractivity contribution in [1.82, 2.24) is 20.0 Å². The van der Waals surface area contributed by atoms with Crippen LogP contribution in [0.2, 0.25) is 0 Å². The van der Waals surface area contributed by atoms with E-state index in [-0.39, 0.29) is 24.4 Å². The van der Waals surface area contributed by atoms with Crippen molar-refractivity contribution < 1.29 is 9.59 Å². The fourth-order valence-electron chi connectivity index (χ4n) is 5.10. The van der Waals surface area contributed by atoms with E-state index in [9.17, 15) is 9.59 Å². The highest BCUT2D eigenvalue weighted by Crippen LogP contribution is 2.34. The van der Waals surface area contributed by atoms with Gasteiger partial charge in [0.15, 0.2) is 0 Å². The van der Waals surface area contributed by atoms with Gasteiger partial charge in [-0.3, -0.25) is 19.9 Å². The number of fused-ring (bicyclic) bond motifs is 3. The summed E-state index contributed by atoms with van der Waals surface area (Å²) >= 11 is 3.50. The number of anilines is 1. The molecule has 0 radical (unpaired) electrons. The van der Waals surface area contributed by atoms with Gasteiger partial charge in [0.2, 0.25) is 0 Å². The Kier molecular flexibility index (Phi) is 5.47. The summed E-state index contributed by atoms with van der Waals surface area (Å²) in [5.41, 5.74) is 4.32. The highest BCUT2D eigenvalue weighted by Gasteiger charge is 2.56. The van der Waals surface area contributed by atoms with Gasteiger partial charge in [-0.1, -0.05) is 39.7 Å². The zero-order valence-electron chi connectivity index (χ0n) is 18.6. The molecule has 168 valence electrons. The minimum absolute atomic E-state index is 0.119. The van der Waals surface area contributed by atoms with Gasteiger partial charge in [-0.15, -0.1) is 0 Å². The van der Waals surface area contributed by atoms with E-state index < -0.39 is 6.04 Å². The number of likely N-dealkylation sites (N-methyl/N-ethyl adjacent to an activating group) is 1. The number of hydrogen-bond acceptors (Lipinski definition) is 5. The minimum atomic E-state index is -0.397. The number of urea groups is 1. The zero-order valence-corrected chi connectivity index (χ0v) is 20.2. The molecule has 3 saturated heterocycles. The van der Waals surface area contributed by atoms with Crippen molar-refractivity contribution in [2.24, 2.45) is 0 Å². The van der Waals surface area contributed by atoms with Crippen molar-refractivity contribution in [3.8, 4) is 0 Å². The van der Waals surface area contributed by atoms with Crippen LogP contribution in [0.5, 0.6) is 0 Å². The minimum Gasteiger partial charge on any atom is -0.343 e. The molecular weight excluding hydrogens is 470 g/mol. The van der Waals surface area contributed by atoms with Crippen molar-refractivity contribution in [3.05, 3.63) is 63.6 Å². The third-order valence-electron chi connectivity index (χ3n) is 6.86. The molecule has 0 spiro atoms. The molecule has 3 fully saturated rings. The van der Waals surface area contributed by atoms with Crippen LogP contribution in [0.1, 0.15) is 23.1 Å². The van der Waals surface area contributed by atoms with Crippen LogP contribution in [0.4, 0.5) is 10.5 Å². The van der Waals surface area contributed by atoms with Crippen LogP contribution in [0.3, 0.4) is 0 Å². The topological polar surface area (TPSA) is 59.1 Å². The number of amides is 3. The lowest BCUT2D eigenvalue weighted by Crippen LogP contribution is -2.66. The van der Waals surface area contributed by atoms with E-state index in [1.807, 2.05) is 32.0 Å². The number of rotatable bonds is 3. The molecule has 3 aliphatic heterocycles. The lowest BCUT2D eigenvalue weighted by atomic mass is 10.0. The predicted molar refractivity (Wildman–Crippen MR) is 127 cm³/mol. The third kappa shape index (κ3) is 3.50. The number of nitrogens with one attached hydrogen (secondary N) is 1. The fraction of sp³-hybridized carbons (Fsp3) is 0.417. The number of carbonyl (C=O) groups excluding carboxylic acids is 2. The number of imide groups is 1. The third-order valence-corrected chi connectivity index (χ3v) is 7.39. The average Bonchev–Trinajstić information content (AvgIpc) is 3.18. The molecule has 1 N–H and O–H groups in total. The second-order valence-corrected chi connectivity index (χ2v) is 9.85. The summed E-state index contributed by atoms with van der Waals surface area (Å²) in [5, 5.41) is 3.57. The summed E-state index contributed by atoms with van der Waals surface area (Å²) in [5.74, 6) is -0.119. The van der Waals surface area contributed by atoms with Crippen LogP contribution < -0.4 is 10.2 Å². The smallest absolute Gasteiger partial charge is 0.328 e. The largest absolute Gasteiger partial charge is 0.343 e. The Labute approximate surface area is 197 Å². The van der Waals surface area contributed by atoms with E-state index in [1.165, 1.54) is 4.90 Å². The highest BCUT2D eigenvalue weighted by atomic mass is 79.9. The molecular formula is C24H28BrN5O2. The van der Waals surface area contributed by atoms with E-state index in [0.717, 1.165) is 46.4 Å². The Morgan fingerprint density at radius 3 is 2.56 bits per heavy atom. The molecule has 0 saturated carbocycles. The first-order valence-electron chi connectivity index (χ1n) is 11.0. The molecule has 3 unspecified atom stereocenters. The molecule has 3 heterocycles. The number of aryl methyl sites for hydroxylation is 2. The van der Waals surface area contributed by atoms with Crippen molar-refractivity contribution >= 4 is 33.6 Å². The summed E-state index contributed by atoms with van der Waals surface area (Å²) in [6.07, 6.45) is 0.491. The molecule has 0 aliphatic carbocycles.